The Kier molecular flexibility index (Phi) is 6.19. The van der Waals surface area contributed by atoms with Gasteiger partial charge in [0.1, 0.15) is 0 Å². The first-order valence-corrected chi connectivity index (χ1v) is 8.07. The zero-order valence-electron chi connectivity index (χ0n) is 13.0. The van der Waals surface area contributed by atoms with Crippen LogP contribution < -0.4 is 10.2 Å². The van der Waals surface area contributed by atoms with E-state index in [0.29, 0.717) is 0 Å². The van der Waals surface area contributed by atoms with E-state index in [0.717, 1.165) is 25.4 Å². The Balaban J connectivity index is 1.85. The first-order valence-electron chi connectivity index (χ1n) is 8.07. The molecule has 0 bridgehead atoms. The highest BCUT2D eigenvalue weighted by molar-refractivity contribution is 5.50. The van der Waals surface area contributed by atoms with E-state index in [1.807, 2.05) is 0 Å². The number of unbranched alkanes of at least 4 members (excludes halogenated alkanes) is 2. The number of anilines is 1. The van der Waals surface area contributed by atoms with Gasteiger partial charge in [0.15, 0.2) is 5.75 Å². The second kappa shape index (κ2) is 8.15. The van der Waals surface area contributed by atoms with Gasteiger partial charge >= 0.3 is 0 Å². The topological polar surface area (TPSA) is 24.5 Å². The van der Waals surface area contributed by atoms with Gasteiger partial charge in [0.2, 0.25) is 0 Å². The standard InChI is InChI=1S/C17H28N2O/c1-3-4-6-11-18-16-9-10-17(15(2)14-16)20-19-12-7-5-8-13-19/h9-10,14,18H,3-8,11-13H2,1-2H3. The van der Waals surface area contributed by atoms with E-state index in [2.05, 4.69) is 42.4 Å². The lowest BCUT2D eigenvalue weighted by Gasteiger charge is -2.26. The highest BCUT2D eigenvalue weighted by Crippen LogP contribution is 2.24. The minimum absolute atomic E-state index is 0.992. The minimum Gasteiger partial charge on any atom is -0.406 e. The van der Waals surface area contributed by atoms with Crippen molar-refractivity contribution in [2.45, 2.75) is 52.4 Å². The van der Waals surface area contributed by atoms with Crippen LogP contribution in [-0.4, -0.2) is 24.7 Å². The van der Waals surface area contributed by atoms with Crippen LogP contribution in [0, 0.1) is 6.92 Å². The van der Waals surface area contributed by atoms with Crippen molar-refractivity contribution in [1.82, 2.24) is 5.06 Å². The molecule has 0 aromatic heterocycles. The Morgan fingerprint density at radius 3 is 2.65 bits per heavy atom. The van der Waals surface area contributed by atoms with Gasteiger partial charge in [0.05, 0.1) is 0 Å². The van der Waals surface area contributed by atoms with E-state index in [1.54, 1.807) is 0 Å². The molecule has 1 saturated heterocycles. The number of nitrogens with one attached hydrogen (secondary N) is 1. The molecule has 0 radical (unpaired) electrons. The third-order valence-corrected chi connectivity index (χ3v) is 3.83. The third kappa shape index (κ3) is 4.71. The molecule has 0 unspecified atom stereocenters. The Bertz CT molecular complexity index is 400. The van der Waals surface area contributed by atoms with Crippen LogP contribution in [0.15, 0.2) is 18.2 Å². The average Bonchev–Trinajstić information content (AvgIpc) is 2.47. The summed E-state index contributed by atoms with van der Waals surface area (Å²) in [6.45, 7) is 7.51. The zero-order valence-corrected chi connectivity index (χ0v) is 13.0. The lowest BCUT2D eigenvalue weighted by atomic mass is 10.2. The third-order valence-electron chi connectivity index (χ3n) is 3.83. The number of piperidine rings is 1. The van der Waals surface area contributed by atoms with Crippen LogP contribution in [0.2, 0.25) is 0 Å². The Hall–Kier alpha value is -1.22. The fourth-order valence-electron chi connectivity index (χ4n) is 2.56. The summed E-state index contributed by atoms with van der Waals surface area (Å²) in [5.74, 6) is 0.992. The molecule has 20 heavy (non-hydrogen) atoms. The minimum atomic E-state index is 0.992. The van der Waals surface area contributed by atoms with E-state index in [4.69, 9.17) is 4.84 Å². The monoisotopic (exact) mass is 276 g/mol. The highest BCUT2D eigenvalue weighted by atomic mass is 16.7. The summed E-state index contributed by atoms with van der Waals surface area (Å²) in [7, 11) is 0. The smallest absolute Gasteiger partial charge is 0.150 e. The number of rotatable bonds is 7. The van der Waals surface area contributed by atoms with Crippen molar-refractivity contribution < 1.29 is 4.84 Å². The average molecular weight is 276 g/mol. The summed E-state index contributed by atoms with van der Waals surface area (Å²) in [5.41, 5.74) is 2.40. The number of aryl methyl sites for hydroxylation is 1. The van der Waals surface area contributed by atoms with Crippen LogP contribution in [0.1, 0.15) is 51.0 Å². The predicted octanol–water partition coefficient (Wildman–Crippen LogP) is 4.38. The summed E-state index contributed by atoms with van der Waals surface area (Å²) >= 11 is 0. The molecule has 1 heterocycles. The van der Waals surface area contributed by atoms with Crippen molar-refractivity contribution >= 4 is 5.69 Å². The number of hydroxylamine groups is 2. The first-order chi connectivity index (χ1) is 9.79. The van der Waals surface area contributed by atoms with Crippen molar-refractivity contribution in [3.63, 3.8) is 0 Å². The molecule has 1 aliphatic rings. The maximum absolute atomic E-state index is 5.99. The first kappa shape index (κ1) is 15.2. The van der Waals surface area contributed by atoms with Crippen LogP contribution in [-0.2, 0) is 0 Å². The van der Waals surface area contributed by atoms with Gasteiger partial charge in [0, 0.05) is 25.3 Å². The van der Waals surface area contributed by atoms with Gasteiger partial charge in [-0.2, -0.15) is 0 Å². The second-order valence-corrected chi connectivity index (χ2v) is 5.70. The van der Waals surface area contributed by atoms with Gasteiger partial charge in [-0.1, -0.05) is 26.2 Å². The number of hydrogen-bond acceptors (Lipinski definition) is 3. The Labute approximate surface area is 123 Å². The number of nitrogens with zero attached hydrogens (tertiary/aromatic N) is 1. The van der Waals surface area contributed by atoms with Gasteiger partial charge in [-0.15, -0.1) is 5.06 Å². The molecule has 1 aromatic rings. The van der Waals surface area contributed by atoms with E-state index in [9.17, 15) is 0 Å². The molecule has 2 rings (SSSR count). The fourth-order valence-corrected chi connectivity index (χ4v) is 2.56. The summed E-state index contributed by atoms with van der Waals surface area (Å²) in [5, 5.41) is 5.58. The molecule has 1 aliphatic heterocycles. The molecule has 1 N–H and O–H groups in total. The molecule has 0 spiro atoms. The van der Waals surface area contributed by atoms with Crippen molar-refractivity contribution in [2.24, 2.45) is 0 Å². The molecular weight excluding hydrogens is 248 g/mol. The van der Waals surface area contributed by atoms with Crippen molar-refractivity contribution in [1.29, 1.82) is 0 Å². The lowest BCUT2D eigenvalue weighted by Crippen LogP contribution is -2.33. The predicted molar refractivity (Wildman–Crippen MR) is 85.2 cm³/mol. The molecular formula is C17H28N2O. The summed E-state index contributed by atoms with van der Waals surface area (Å²) in [6.07, 6.45) is 7.62. The normalized spacial score (nSPS) is 16.1. The Morgan fingerprint density at radius 2 is 1.95 bits per heavy atom. The summed E-state index contributed by atoms with van der Waals surface area (Å²) in [6, 6.07) is 6.40. The van der Waals surface area contributed by atoms with Gasteiger partial charge in [0.25, 0.3) is 0 Å². The second-order valence-electron chi connectivity index (χ2n) is 5.70. The van der Waals surface area contributed by atoms with Crippen LogP contribution >= 0.6 is 0 Å². The molecule has 1 fully saturated rings. The van der Waals surface area contributed by atoms with Gasteiger partial charge in [-0.05, 0) is 49.9 Å². The maximum Gasteiger partial charge on any atom is 0.150 e. The maximum atomic E-state index is 5.99. The molecule has 112 valence electrons. The van der Waals surface area contributed by atoms with Crippen molar-refractivity contribution in [2.75, 3.05) is 25.0 Å². The zero-order chi connectivity index (χ0) is 14.2. The lowest BCUT2D eigenvalue weighted by molar-refractivity contribution is -0.0725. The van der Waals surface area contributed by atoms with E-state index in [1.165, 1.54) is 49.8 Å². The SMILES string of the molecule is CCCCCNc1ccc(ON2CCCCC2)c(C)c1. The van der Waals surface area contributed by atoms with Crippen LogP contribution in [0.5, 0.6) is 5.75 Å². The van der Waals surface area contributed by atoms with Gasteiger partial charge in [-0.3, -0.25) is 0 Å². The number of benzene rings is 1. The van der Waals surface area contributed by atoms with Crippen molar-refractivity contribution in [3.8, 4) is 5.75 Å². The Morgan fingerprint density at radius 1 is 1.15 bits per heavy atom. The van der Waals surface area contributed by atoms with Crippen LogP contribution in [0.4, 0.5) is 5.69 Å². The molecule has 1 aromatic carbocycles. The van der Waals surface area contributed by atoms with E-state index in [-0.39, 0.29) is 0 Å². The van der Waals surface area contributed by atoms with Crippen LogP contribution in [0.25, 0.3) is 0 Å². The largest absolute Gasteiger partial charge is 0.406 e. The molecule has 0 atom stereocenters. The molecule has 0 saturated carbocycles. The summed E-state index contributed by atoms with van der Waals surface area (Å²) in [4.78, 5) is 5.99. The van der Waals surface area contributed by atoms with E-state index < -0.39 is 0 Å². The van der Waals surface area contributed by atoms with Gasteiger partial charge < -0.3 is 10.2 Å². The van der Waals surface area contributed by atoms with E-state index >= 15 is 0 Å². The highest BCUT2D eigenvalue weighted by Gasteiger charge is 2.12. The fraction of sp³-hybridized carbons (Fsp3) is 0.647. The van der Waals surface area contributed by atoms with Gasteiger partial charge in [-0.25, -0.2) is 0 Å². The quantitative estimate of drug-likeness (QED) is 0.748. The van der Waals surface area contributed by atoms with Crippen molar-refractivity contribution in [3.05, 3.63) is 23.8 Å². The molecule has 0 amide bonds. The molecule has 0 aliphatic carbocycles. The summed E-state index contributed by atoms with van der Waals surface area (Å²) < 4.78 is 0. The van der Waals surface area contributed by atoms with Crippen LogP contribution in [0.3, 0.4) is 0 Å². The molecule has 3 nitrogen and oxygen atoms in total. The number of hydrogen-bond donors (Lipinski definition) is 1. The molecule has 3 heteroatoms.